The fraction of sp³-hybridized carbons (Fsp3) is 0.440. The molecule has 1 N–H and O–H groups in total. The summed E-state index contributed by atoms with van der Waals surface area (Å²) in [6, 6.07) is 14.0. The van der Waals surface area contributed by atoms with Crippen molar-refractivity contribution >= 4 is 11.8 Å². The first-order chi connectivity index (χ1) is 15.5. The van der Waals surface area contributed by atoms with E-state index in [1.807, 2.05) is 43.3 Å². The number of carbonyl (C=O) groups is 2. The van der Waals surface area contributed by atoms with Crippen LogP contribution in [0.2, 0.25) is 0 Å². The average Bonchev–Trinajstić information content (AvgIpc) is 2.83. The number of nitrogens with one attached hydrogen (secondary N) is 1. The fourth-order valence-corrected chi connectivity index (χ4v) is 3.31. The van der Waals surface area contributed by atoms with Crippen LogP contribution in [-0.2, 0) is 16.1 Å². The summed E-state index contributed by atoms with van der Waals surface area (Å²) in [5.41, 5.74) is 0.899. The van der Waals surface area contributed by atoms with Crippen molar-refractivity contribution in [3.8, 4) is 17.2 Å². The number of amides is 2. The van der Waals surface area contributed by atoms with Crippen LogP contribution in [0.1, 0.15) is 38.7 Å². The van der Waals surface area contributed by atoms with Crippen molar-refractivity contribution in [3.05, 3.63) is 54.1 Å². The van der Waals surface area contributed by atoms with Crippen molar-refractivity contribution in [2.45, 2.75) is 45.7 Å². The normalized spacial score (nSPS) is 11.4. The number of ether oxygens (including phenoxy) is 3. The van der Waals surface area contributed by atoms with Crippen LogP contribution in [0.3, 0.4) is 0 Å². The minimum atomic E-state index is -0.595. The van der Waals surface area contributed by atoms with Crippen LogP contribution < -0.4 is 19.5 Å². The summed E-state index contributed by atoms with van der Waals surface area (Å²) in [6.45, 7) is 4.65. The van der Waals surface area contributed by atoms with E-state index in [-0.39, 0.29) is 25.0 Å². The minimum absolute atomic E-state index is 0.153. The maximum atomic E-state index is 13.2. The fourth-order valence-electron chi connectivity index (χ4n) is 3.31. The number of hydrogen-bond acceptors (Lipinski definition) is 5. The van der Waals surface area contributed by atoms with Gasteiger partial charge in [0.05, 0.1) is 14.2 Å². The van der Waals surface area contributed by atoms with Crippen molar-refractivity contribution < 1.29 is 23.8 Å². The number of carbonyl (C=O) groups excluding carboxylic acids is 2. The summed E-state index contributed by atoms with van der Waals surface area (Å²) in [5, 5.41) is 2.95. The monoisotopic (exact) mass is 442 g/mol. The average molecular weight is 443 g/mol. The molecule has 32 heavy (non-hydrogen) atoms. The lowest BCUT2D eigenvalue weighted by molar-refractivity contribution is -0.143. The molecule has 7 nitrogen and oxygen atoms in total. The van der Waals surface area contributed by atoms with Gasteiger partial charge in [-0.1, -0.05) is 44.5 Å². The highest BCUT2D eigenvalue weighted by atomic mass is 16.5. The molecule has 0 aliphatic heterocycles. The van der Waals surface area contributed by atoms with Gasteiger partial charge < -0.3 is 24.4 Å². The summed E-state index contributed by atoms with van der Waals surface area (Å²) in [4.78, 5) is 27.7. The maximum Gasteiger partial charge on any atom is 0.261 e. The van der Waals surface area contributed by atoms with Crippen LogP contribution in [0.5, 0.6) is 17.2 Å². The number of nitrogens with zero attached hydrogens (tertiary/aromatic N) is 1. The lowest BCUT2D eigenvalue weighted by atomic mass is 10.1. The Morgan fingerprint density at radius 2 is 1.66 bits per heavy atom. The van der Waals surface area contributed by atoms with Gasteiger partial charge in [0.25, 0.3) is 5.91 Å². The van der Waals surface area contributed by atoms with Crippen molar-refractivity contribution in [1.29, 1.82) is 0 Å². The quantitative estimate of drug-likeness (QED) is 0.478. The molecule has 2 aromatic rings. The molecular weight excluding hydrogens is 408 g/mol. The molecule has 0 bridgehead atoms. The zero-order chi connectivity index (χ0) is 23.3. The molecule has 0 aliphatic rings. The molecule has 0 radical (unpaired) electrons. The van der Waals surface area contributed by atoms with Crippen LogP contribution in [0.15, 0.2) is 48.5 Å². The summed E-state index contributed by atoms with van der Waals surface area (Å²) in [5.74, 6) is 1.33. The van der Waals surface area contributed by atoms with Gasteiger partial charge in [0.15, 0.2) is 18.1 Å². The zero-order valence-corrected chi connectivity index (χ0v) is 19.4. The molecule has 0 saturated heterocycles. The Hall–Kier alpha value is -3.22. The molecule has 0 spiro atoms. The summed E-state index contributed by atoms with van der Waals surface area (Å²) in [7, 11) is 3.15. The molecule has 0 aliphatic carbocycles. The molecular formula is C25H34N2O5. The third-order valence-corrected chi connectivity index (χ3v) is 5.15. The van der Waals surface area contributed by atoms with Crippen LogP contribution in [0, 0.1) is 0 Å². The number of benzene rings is 2. The topological polar surface area (TPSA) is 77.1 Å². The predicted octanol–water partition coefficient (Wildman–Crippen LogP) is 3.81. The highest BCUT2D eigenvalue weighted by molar-refractivity contribution is 5.88. The molecule has 2 rings (SSSR count). The standard InChI is InChI=1S/C25H34N2O5/c1-5-7-16-26-25(29)21(6-2)27(17-19-12-14-20(30-3)15-13-19)24(28)18-32-23-11-9-8-10-22(23)31-4/h8-15,21H,5-7,16-18H2,1-4H3,(H,26,29)/t21-/m0/s1. The van der Waals surface area contributed by atoms with Crippen molar-refractivity contribution in [2.75, 3.05) is 27.4 Å². The molecule has 2 aromatic carbocycles. The largest absolute Gasteiger partial charge is 0.497 e. The molecule has 2 amide bonds. The summed E-state index contributed by atoms with van der Waals surface area (Å²) < 4.78 is 16.3. The number of para-hydroxylation sites is 2. The Bertz CT molecular complexity index is 854. The summed E-state index contributed by atoms with van der Waals surface area (Å²) >= 11 is 0. The van der Waals surface area contributed by atoms with Crippen molar-refractivity contribution in [3.63, 3.8) is 0 Å². The van der Waals surface area contributed by atoms with Crippen LogP contribution in [-0.4, -0.2) is 50.1 Å². The highest BCUT2D eigenvalue weighted by Crippen LogP contribution is 2.26. The SMILES string of the molecule is CCCCNC(=O)[C@H](CC)N(Cc1ccc(OC)cc1)C(=O)COc1ccccc1OC. The Labute approximate surface area is 190 Å². The molecule has 0 saturated carbocycles. The number of rotatable bonds is 13. The van der Waals surface area contributed by atoms with Crippen LogP contribution >= 0.6 is 0 Å². The third-order valence-electron chi connectivity index (χ3n) is 5.15. The Balaban J connectivity index is 2.20. The van der Waals surface area contributed by atoms with Crippen LogP contribution in [0.4, 0.5) is 0 Å². The van der Waals surface area contributed by atoms with Gasteiger partial charge in [-0.25, -0.2) is 0 Å². The van der Waals surface area contributed by atoms with Gasteiger partial charge in [0.2, 0.25) is 5.91 Å². The van der Waals surface area contributed by atoms with E-state index in [1.54, 1.807) is 31.3 Å². The lowest BCUT2D eigenvalue weighted by Crippen LogP contribution is -2.50. The van der Waals surface area contributed by atoms with Crippen molar-refractivity contribution in [2.24, 2.45) is 0 Å². The number of hydrogen-bond donors (Lipinski definition) is 1. The second-order valence-electron chi connectivity index (χ2n) is 7.38. The van der Waals surface area contributed by atoms with E-state index < -0.39 is 6.04 Å². The first-order valence-electron chi connectivity index (χ1n) is 11.0. The van der Waals surface area contributed by atoms with E-state index in [0.29, 0.717) is 24.5 Å². The van der Waals surface area contributed by atoms with Gasteiger partial charge in [-0.15, -0.1) is 0 Å². The summed E-state index contributed by atoms with van der Waals surface area (Å²) in [6.07, 6.45) is 2.37. The molecule has 7 heteroatoms. The molecule has 0 aromatic heterocycles. The van der Waals surface area contributed by atoms with Gasteiger partial charge >= 0.3 is 0 Å². The number of unbranched alkanes of at least 4 members (excludes halogenated alkanes) is 1. The van der Waals surface area contributed by atoms with Gasteiger partial charge in [0, 0.05) is 13.1 Å². The van der Waals surface area contributed by atoms with Crippen molar-refractivity contribution in [1.82, 2.24) is 10.2 Å². The lowest BCUT2D eigenvalue weighted by Gasteiger charge is -2.30. The number of methoxy groups -OCH3 is 2. The van der Waals surface area contributed by atoms with Gasteiger partial charge in [0.1, 0.15) is 11.8 Å². The second kappa shape index (κ2) is 13.2. The first kappa shape index (κ1) is 25.0. The Morgan fingerprint density at radius 1 is 0.969 bits per heavy atom. The van der Waals surface area contributed by atoms with E-state index >= 15 is 0 Å². The van der Waals surface area contributed by atoms with E-state index in [1.165, 1.54) is 0 Å². The van der Waals surface area contributed by atoms with Gasteiger partial charge in [-0.3, -0.25) is 9.59 Å². The molecule has 1 atom stereocenters. The van der Waals surface area contributed by atoms with E-state index in [4.69, 9.17) is 14.2 Å². The minimum Gasteiger partial charge on any atom is -0.497 e. The highest BCUT2D eigenvalue weighted by Gasteiger charge is 2.29. The molecule has 0 fully saturated rings. The van der Waals surface area contributed by atoms with Crippen LogP contribution in [0.25, 0.3) is 0 Å². The Morgan fingerprint density at radius 3 is 2.25 bits per heavy atom. The van der Waals surface area contributed by atoms with E-state index in [9.17, 15) is 9.59 Å². The molecule has 174 valence electrons. The van der Waals surface area contributed by atoms with E-state index in [2.05, 4.69) is 12.2 Å². The molecule has 0 unspecified atom stereocenters. The third kappa shape index (κ3) is 7.18. The maximum absolute atomic E-state index is 13.2. The molecule has 0 heterocycles. The van der Waals surface area contributed by atoms with Gasteiger partial charge in [-0.2, -0.15) is 0 Å². The smallest absolute Gasteiger partial charge is 0.261 e. The zero-order valence-electron chi connectivity index (χ0n) is 19.4. The second-order valence-corrected chi connectivity index (χ2v) is 7.38. The predicted molar refractivity (Wildman–Crippen MR) is 124 cm³/mol. The Kier molecular flexibility index (Phi) is 10.4. The van der Waals surface area contributed by atoms with E-state index in [0.717, 1.165) is 24.2 Å². The first-order valence-corrected chi connectivity index (χ1v) is 11.0. The van der Waals surface area contributed by atoms with Gasteiger partial charge in [-0.05, 0) is 42.7 Å².